The first-order chi connectivity index (χ1) is 10.2. The molecular formula is C14H22N6S. The topological polar surface area (TPSA) is 70.3 Å². The van der Waals surface area contributed by atoms with Crippen molar-refractivity contribution in [2.75, 3.05) is 43.6 Å². The summed E-state index contributed by atoms with van der Waals surface area (Å²) in [6, 6.07) is 2.15. The third-order valence-electron chi connectivity index (χ3n) is 3.94. The van der Waals surface area contributed by atoms with E-state index in [1.165, 1.54) is 30.8 Å². The average molecular weight is 306 g/mol. The highest BCUT2D eigenvalue weighted by atomic mass is 32.1. The van der Waals surface area contributed by atoms with Crippen molar-refractivity contribution in [1.29, 1.82) is 0 Å². The minimum Gasteiger partial charge on any atom is -0.358 e. The molecule has 3 rings (SSSR count). The van der Waals surface area contributed by atoms with E-state index in [9.17, 15) is 0 Å². The molecule has 0 aliphatic carbocycles. The normalized spacial score (nSPS) is 15.8. The van der Waals surface area contributed by atoms with E-state index in [1.807, 2.05) is 0 Å². The second-order valence-electron chi connectivity index (χ2n) is 5.56. The molecule has 0 unspecified atom stereocenters. The van der Waals surface area contributed by atoms with Gasteiger partial charge < -0.3 is 9.80 Å². The van der Waals surface area contributed by atoms with E-state index < -0.39 is 0 Å². The summed E-state index contributed by atoms with van der Waals surface area (Å²) >= 11 is 1.67. The molecule has 1 fully saturated rings. The molecule has 0 spiro atoms. The van der Waals surface area contributed by atoms with Crippen LogP contribution in [0.2, 0.25) is 0 Å². The Bertz CT molecular complexity index is 619. The number of fused-ring (bicyclic) bond motifs is 1. The number of nitrogens with one attached hydrogen (secondary N) is 1. The highest BCUT2D eigenvalue weighted by Crippen LogP contribution is 2.31. The molecule has 0 radical (unpaired) electrons. The molecule has 6 nitrogen and oxygen atoms in total. The number of hydrogen-bond acceptors (Lipinski definition) is 7. The van der Waals surface area contributed by atoms with Crippen molar-refractivity contribution < 1.29 is 0 Å². The van der Waals surface area contributed by atoms with Crippen LogP contribution in [-0.4, -0.2) is 48.1 Å². The lowest BCUT2D eigenvalue weighted by molar-refractivity contribution is 0.346. The second-order valence-corrected chi connectivity index (χ2v) is 6.80. The first-order valence-corrected chi connectivity index (χ1v) is 8.17. The molecule has 0 amide bonds. The summed E-state index contributed by atoms with van der Waals surface area (Å²) in [4.78, 5) is 15.9. The van der Waals surface area contributed by atoms with E-state index in [0.29, 0.717) is 5.95 Å². The van der Waals surface area contributed by atoms with Crippen LogP contribution in [0.1, 0.15) is 17.7 Å². The Hall–Kier alpha value is -1.44. The summed E-state index contributed by atoms with van der Waals surface area (Å²) in [5.41, 5.74) is 2.57. The third kappa shape index (κ3) is 3.09. The number of likely N-dealkylation sites (tertiary alicyclic amines) is 1. The zero-order valence-corrected chi connectivity index (χ0v) is 13.4. The number of nitrogens with zero attached hydrogens (tertiary/aromatic N) is 4. The lowest BCUT2D eigenvalue weighted by Gasteiger charge is -2.23. The zero-order chi connectivity index (χ0) is 14.8. The number of aromatic nitrogens is 2. The van der Waals surface area contributed by atoms with Crippen molar-refractivity contribution in [2.45, 2.75) is 19.8 Å². The summed E-state index contributed by atoms with van der Waals surface area (Å²) in [5, 5.41) is 1.11. The lowest BCUT2D eigenvalue weighted by Crippen LogP contribution is -2.32. The van der Waals surface area contributed by atoms with Crippen LogP contribution in [0.4, 0.5) is 11.8 Å². The zero-order valence-electron chi connectivity index (χ0n) is 12.6. The lowest BCUT2D eigenvalue weighted by atomic mass is 10.3. The van der Waals surface area contributed by atoms with E-state index in [0.717, 1.165) is 29.1 Å². The van der Waals surface area contributed by atoms with E-state index in [-0.39, 0.29) is 0 Å². The van der Waals surface area contributed by atoms with Gasteiger partial charge in [-0.15, -0.1) is 11.3 Å². The van der Waals surface area contributed by atoms with Crippen LogP contribution in [0.5, 0.6) is 0 Å². The van der Waals surface area contributed by atoms with E-state index in [4.69, 9.17) is 5.84 Å². The summed E-state index contributed by atoms with van der Waals surface area (Å²) < 4.78 is 0. The van der Waals surface area contributed by atoms with Crippen LogP contribution in [0.25, 0.3) is 10.2 Å². The Morgan fingerprint density at radius 1 is 1.38 bits per heavy atom. The van der Waals surface area contributed by atoms with Crippen molar-refractivity contribution in [2.24, 2.45) is 5.84 Å². The summed E-state index contributed by atoms with van der Waals surface area (Å²) in [6.07, 6.45) is 2.65. The maximum absolute atomic E-state index is 5.49. The largest absolute Gasteiger partial charge is 0.358 e. The van der Waals surface area contributed by atoms with Crippen molar-refractivity contribution >= 4 is 33.3 Å². The molecule has 2 aromatic heterocycles. The van der Waals surface area contributed by atoms with E-state index in [2.05, 4.69) is 45.2 Å². The van der Waals surface area contributed by atoms with Gasteiger partial charge in [0.25, 0.3) is 0 Å². The fourth-order valence-electron chi connectivity index (χ4n) is 2.79. The third-order valence-corrected chi connectivity index (χ3v) is 4.88. The SMILES string of the molecule is Cc1cc2c(N(C)CCN3CCCC3)nc(NN)nc2s1. The summed E-state index contributed by atoms with van der Waals surface area (Å²) in [5.74, 6) is 6.93. The van der Waals surface area contributed by atoms with Crippen LogP contribution in [-0.2, 0) is 0 Å². The first kappa shape index (κ1) is 14.5. The van der Waals surface area contributed by atoms with E-state index >= 15 is 0 Å². The number of hydrazine groups is 1. The fourth-order valence-corrected chi connectivity index (χ4v) is 3.66. The number of likely N-dealkylation sites (N-methyl/N-ethyl adjacent to an activating group) is 1. The van der Waals surface area contributed by atoms with Crippen LogP contribution in [0.15, 0.2) is 6.07 Å². The highest BCUT2D eigenvalue weighted by Gasteiger charge is 2.16. The van der Waals surface area contributed by atoms with Crippen LogP contribution >= 0.6 is 11.3 Å². The van der Waals surface area contributed by atoms with Gasteiger partial charge in [-0.1, -0.05) is 0 Å². The van der Waals surface area contributed by atoms with Gasteiger partial charge in [0.05, 0.1) is 5.39 Å². The quantitative estimate of drug-likeness (QED) is 0.648. The van der Waals surface area contributed by atoms with Gasteiger partial charge in [0.15, 0.2) is 0 Å². The molecule has 21 heavy (non-hydrogen) atoms. The molecule has 3 heterocycles. The average Bonchev–Trinajstić information content (AvgIpc) is 3.11. The molecule has 0 bridgehead atoms. The number of nitrogens with two attached hydrogens (primary N) is 1. The molecule has 2 aromatic rings. The Morgan fingerprint density at radius 2 is 2.14 bits per heavy atom. The number of thiophene rings is 1. The second kappa shape index (κ2) is 6.13. The predicted molar refractivity (Wildman–Crippen MR) is 88.9 cm³/mol. The van der Waals surface area contributed by atoms with Crippen LogP contribution in [0, 0.1) is 6.92 Å². The van der Waals surface area contributed by atoms with E-state index in [1.54, 1.807) is 11.3 Å². The maximum atomic E-state index is 5.49. The molecule has 3 N–H and O–H groups in total. The number of hydrogen-bond donors (Lipinski definition) is 2. The molecule has 7 heteroatoms. The first-order valence-electron chi connectivity index (χ1n) is 7.35. The number of aryl methyl sites for hydroxylation is 1. The Labute approximate surface area is 128 Å². The summed E-state index contributed by atoms with van der Waals surface area (Å²) in [7, 11) is 2.09. The Kier molecular flexibility index (Phi) is 4.23. The van der Waals surface area contributed by atoms with Gasteiger partial charge in [-0.05, 0) is 38.9 Å². The van der Waals surface area contributed by atoms with Gasteiger partial charge in [0.2, 0.25) is 5.95 Å². The van der Waals surface area contributed by atoms with Crippen LogP contribution in [0.3, 0.4) is 0 Å². The fraction of sp³-hybridized carbons (Fsp3) is 0.571. The molecule has 1 aliphatic heterocycles. The summed E-state index contributed by atoms with van der Waals surface area (Å²) in [6.45, 7) is 6.58. The molecule has 0 aromatic carbocycles. The Balaban J connectivity index is 1.83. The minimum absolute atomic E-state index is 0.479. The van der Waals surface area contributed by atoms with Crippen molar-refractivity contribution in [3.63, 3.8) is 0 Å². The predicted octanol–water partition coefficient (Wildman–Crippen LogP) is 1.82. The number of rotatable bonds is 5. The van der Waals surface area contributed by atoms with Gasteiger partial charge in [0, 0.05) is 25.0 Å². The number of nitrogen functional groups attached to an aromatic ring is 1. The minimum atomic E-state index is 0.479. The highest BCUT2D eigenvalue weighted by molar-refractivity contribution is 7.18. The molecule has 1 aliphatic rings. The molecular weight excluding hydrogens is 284 g/mol. The van der Waals surface area contributed by atoms with Gasteiger partial charge in [-0.3, -0.25) is 5.43 Å². The van der Waals surface area contributed by atoms with Crippen LogP contribution < -0.4 is 16.2 Å². The molecule has 0 saturated carbocycles. The number of anilines is 2. The van der Waals surface area contributed by atoms with Gasteiger partial charge >= 0.3 is 0 Å². The smallest absolute Gasteiger partial charge is 0.240 e. The molecule has 1 saturated heterocycles. The Morgan fingerprint density at radius 3 is 2.86 bits per heavy atom. The van der Waals surface area contributed by atoms with Gasteiger partial charge in [-0.2, -0.15) is 4.98 Å². The molecule has 0 atom stereocenters. The van der Waals surface area contributed by atoms with Gasteiger partial charge in [0.1, 0.15) is 10.6 Å². The maximum Gasteiger partial charge on any atom is 0.240 e. The van der Waals surface area contributed by atoms with Crippen molar-refractivity contribution in [3.8, 4) is 0 Å². The standard InChI is InChI=1S/C14H22N6S/c1-10-9-11-12(16-14(18-15)17-13(11)21-10)19(2)7-8-20-5-3-4-6-20/h9H,3-8,15H2,1-2H3,(H,16,17,18). The molecule has 114 valence electrons. The monoisotopic (exact) mass is 306 g/mol. The van der Waals surface area contributed by atoms with Gasteiger partial charge in [-0.25, -0.2) is 10.8 Å². The van der Waals surface area contributed by atoms with Crippen molar-refractivity contribution in [3.05, 3.63) is 10.9 Å². The van der Waals surface area contributed by atoms with Crippen molar-refractivity contribution in [1.82, 2.24) is 14.9 Å².